The number of anilines is 3. The van der Waals surface area contributed by atoms with Gasteiger partial charge in [0.2, 0.25) is 17.8 Å². The zero-order chi connectivity index (χ0) is 22.5. The van der Waals surface area contributed by atoms with Gasteiger partial charge in [0, 0.05) is 31.7 Å². The van der Waals surface area contributed by atoms with Crippen molar-refractivity contribution < 1.29 is 4.42 Å². The van der Waals surface area contributed by atoms with Crippen molar-refractivity contribution in [1.82, 2.24) is 15.0 Å². The molecule has 2 fully saturated rings. The number of hydrogen-bond donors (Lipinski definition) is 1. The van der Waals surface area contributed by atoms with E-state index in [0.29, 0.717) is 22.5 Å². The lowest BCUT2D eigenvalue weighted by atomic mass is 10.1. The highest BCUT2D eigenvalue weighted by Gasteiger charge is 2.20. The van der Waals surface area contributed by atoms with Crippen LogP contribution in [0.5, 0.6) is 0 Å². The lowest BCUT2D eigenvalue weighted by molar-refractivity contribution is 0.556. The zero-order valence-electron chi connectivity index (χ0n) is 18.6. The molecule has 172 valence electrons. The lowest BCUT2D eigenvalue weighted by Crippen LogP contribution is -2.34. The predicted molar refractivity (Wildman–Crippen MR) is 132 cm³/mol. The van der Waals surface area contributed by atoms with Crippen LogP contribution in [0.4, 0.5) is 17.8 Å². The van der Waals surface area contributed by atoms with Gasteiger partial charge >= 0.3 is 0 Å². The third-order valence-corrected chi connectivity index (χ3v) is 6.34. The third kappa shape index (κ3) is 5.27. The Balaban J connectivity index is 1.34. The SMILES string of the molecule is Clc1ccccc1-c1ccc(/C=N/Nc2nc(N3CCCCC3)nc(N3CCCCC3)n2)o1. The van der Waals surface area contributed by atoms with Crippen molar-refractivity contribution in [2.45, 2.75) is 38.5 Å². The van der Waals surface area contributed by atoms with Crippen molar-refractivity contribution in [2.75, 3.05) is 41.4 Å². The predicted octanol–water partition coefficient (Wildman–Crippen LogP) is 5.21. The van der Waals surface area contributed by atoms with Crippen LogP contribution in [0.25, 0.3) is 11.3 Å². The molecule has 0 saturated carbocycles. The second-order valence-corrected chi connectivity index (χ2v) is 8.81. The van der Waals surface area contributed by atoms with Crippen molar-refractivity contribution in [1.29, 1.82) is 0 Å². The van der Waals surface area contributed by atoms with Gasteiger partial charge in [0.05, 0.1) is 11.2 Å². The van der Waals surface area contributed by atoms with Gasteiger partial charge in [-0.1, -0.05) is 23.7 Å². The molecule has 3 aromatic rings. The second kappa shape index (κ2) is 10.2. The molecule has 4 heterocycles. The Labute approximate surface area is 198 Å². The number of rotatable bonds is 6. The average molecular weight is 466 g/mol. The van der Waals surface area contributed by atoms with Crippen LogP contribution in [0, 0.1) is 0 Å². The molecule has 9 heteroatoms. The molecule has 0 atom stereocenters. The van der Waals surface area contributed by atoms with Gasteiger partial charge < -0.3 is 14.2 Å². The molecule has 2 aromatic heterocycles. The smallest absolute Gasteiger partial charge is 0.250 e. The maximum atomic E-state index is 6.27. The first-order valence-corrected chi connectivity index (χ1v) is 12.0. The minimum Gasteiger partial charge on any atom is -0.455 e. The molecule has 33 heavy (non-hydrogen) atoms. The number of halogens is 1. The van der Waals surface area contributed by atoms with Gasteiger partial charge in [0.15, 0.2) is 0 Å². The minimum atomic E-state index is 0.445. The highest BCUT2D eigenvalue weighted by atomic mass is 35.5. The first-order valence-electron chi connectivity index (χ1n) is 11.7. The first kappa shape index (κ1) is 21.7. The van der Waals surface area contributed by atoms with Gasteiger partial charge in [-0.25, -0.2) is 5.43 Å². The molecule has 5 rings (SSSR count). The van der Waals surface area contributed by atoms with E-state index in [9.17, 15) is 0 Å². The van der Waals surface area contributed by atoms with E-state index in [2.05, 4.69) is 30.3 Å². The fourth-order valence-corrected chi connectivity index (χ4v) is 4.49. The van der Waals surface area contributed by atoms with Crippen LogP contribution >= 0.6 is 11.6 Å². The molecule has 8 nitrogen and oxygen atoms in total. The van der Waals surface area contributed by atoms with E-state index >= 15 is 0 Å². The zero-order valence-corrected chi connectivity index (χ0v) is 19.3. The number of nitrogens with one attached hydrogen (secondary N) is 1. The number of piperidine rings is 2. The topological polar surface area (TPSA) is 82.7 Å². The van der Waals surface area contributed by atoms with Crippen LogP contribution in [0.15, 0.2) is 45.9 Å². The molecule has 0 aliphatic carbocycles. The molecule has 2 aliphatic heterocycles. The Bertz CT molecular complexity index is 1070. The number of aromatic nitrogens is 3. The molecule has 1 N–H and O–H groups in total. The van der Waals surface area contributed by atoms with Crippen LogP contribution in [-0.4, -0.2) is 47.3 Å². The summed E-state index contributed by atoms with van der Waals surface area (Å²) >= 11 is 6.27. The van der Waals surface area contributed by atoms with Gasteiger partial charge in [0.25, 0.3) is 0 Å². The van der Waals surface area contributed by atoms with E-state index in [1.165, 1.54) is 12.8 Å². The molecule has 0 radical (unpaired) electrons. The molecule has 2 saturated heterocycles. The van der Waals surface area contributed by atoms with Gasteiger partial charge in [0.1, 0.15) is 11.5 Å². The minimum absolute atomic E-state index is 0.445. The number of benzene rings is 1. The number of nitrogens with zero attached hydrogens (tertiary/aromatic N) is 6. The molecular weight excluding hydrogens is 438 g/mol. The van der Waals surface area contributed by atoms with Crippen LogP contribution in [0.2, 0.25) is 5.02 Å². The molecule has 0 amide bonds. The summed E-state index contributed by atoms with van der Waals surface area (Å²) in [7, 11) is 0. The van der Waals surface area contributed by atoms with Gasteiger partial charge in [-0.2, -0.15) is 20.1 Å². The normalized spacial score (nSPS) is 17.0. The van der Waals surface area contributed by atoms with E-state index in [0.717, 1.165) is 69.3 Å². The summed E-state index contributed by atoms with van der Waals surface area (Å²) in [6.45, 7) is 3.90. The summed E-state index contributed by atoms with van der Waals surface area (Å²) in [5, 5.41) is 4.97. The number of furan rings is 1. The van der Waals surface area contributed by atoms with E-state index in [-0.39, 0.29) is 0 Å². The van der Waals surface area contributed by atoms with E-state index in [4.69, 9.17) is 21.0 Å². The van der Waals surface area contributed by atoms with E-state index in [1.54, 1.807) is 6.21 Å². The third-order valence-electron chi connectivity index (χ3n) is 6.01. The van der Waals surface area contributed by atoms with E-state index < -0.39 is 0 Å². The Morgan fingerprint density at radius 1 is 0.818 bits per heavy atom. The summed E-state index contributed by atoms with van der Waals surface area (Å²) in [4.78, 5) is 18.6. The average Bonchev–Trinajstić information content (AvgIpc) is 3.34. The lowest BCUT2D eigenvalue weighted by Gasteiger charge is -2.30. The van der Waals surface area contributed by atoms with Crippen molar-refractivity contribution >= 4 is 35.7 Å². The highest BCUT2D eigenvalue weighted by molar-refractivity contribution is 6.33. The summed E-state index contributed by atoms with van der Waals surface area (Å²) in [5.41, 5.74) is 3.83. The molecule has 0 unspecified atom stereocenters. The fourth-order valence-electron chi connectivity index (χ4n) is 4.26. The van der Waals surface area contributed by atoms with Crippen LogP contribution in [0.3, 0.4) is 0 Å². The summed E-state index contributed by atoms with van der Waals surface area (Å²) in [6.07, 6.45) is 8.79. The molecule has 1 aromatic carbocycles. The van der Waals surface area contributed by atoms with Crippen molar-refractivity contribution in [3.8, 4) is 11.3 Å². The molecular formula is C24H28ClN7O. The summed E-state index contributed by atoms with van der Waals surface area (Å²) in [5.74, 6) is 3.20. The fraction of sp³-hybridized carbons (Fsp3) is 0.417. The van der Waals surface area contributed by atoms with E-state index in [1.807, 2.05) is 36.4 Å². The summed E-state index contributed by atoms with van der Waals surface area (Å²) in [6, 6.07) is 11.3. The number of hydrogen-bond acceptors (Lipinski definition) is 8. The quantitative estimate of drug-likeness (QED) is 0.395. The van der Waals surface area contributed by atoms with Gasteiger partial charge in [-0.3, -0.25) is 0 Å². The largest absolute Gasteiger partial charge is 0.455 e. The van der Waals surface area contributed by atoms with Gasteiger partial charge in [-0.15, -0.1) is 0 Å². The van der Waals surface area contributed by atoms with Crippen LogP contribution in [0.1, 0.15) is 44.3 Å². The molecule has 2 aliphatic rings. The van der Waals surface area contributed by atoms with Crippen molar-refractivity contribution in [2.24, 2.45) is 5.10 Å². The Morgan fingerprint density at radius 2 is 1.45 bits per heavy atom. The van der Waals surface area contributed by atoms with Crippen LogP contribution in [-0.2, 0) is 0 Å². The first-order chi connectivity index (χ1) is 16.3. The van der Waals surface area contributed by atoms with Crippen LogP contribution < -0.4 is 15.2 Å². The monoisotopic (exact) mass is 465 g/mol. The maximum Gasteiger partial charge on any atom is 0.250 e. The Hall–Kier alpha value is -3.13. The Morgan fingerprint density at radius 3 is 2.09 bits per heavy atom. The maximum absolute atomic E-state index is 6.27. The standard InChI is InChI=1S/C24H28ClN7O/c25-20-10-4-3-9-19(20)21-12-11-18(33-21)17-26-30-22-27-23(31-13-5-1-6-14-31)29-24(28-22)32-15-7-2-8-16-32/h3-4,9-12,17H,1-2,5-8,13-16H2,(H,27,28,29,30)/b26-17+. The highest BCUT2D eigenvalue weighted by Crippen LogP contribution is 2.28. The van der Waals surface area contributed by atoms with Gasteiger partial charge in [-0.05, 0) is 62.8 Å². The molecule has 0 bridgehead atoms. The second-order valence-electron chi connectivity index (χ2n) is 8.41. The van der Waals surface area contributed by atoms with Crippen molar-refractivity contribution in [3.63, 3.8) is 0 Å². The molecule has 0 spiro atoms. The van der Waals surface area contributed by atoms with Crippen molar-refractivity contribution in [3.05, 3.63) is 47.2 Å². The number of hydrazone groups is 1. The Kier molecular flexibility index (Phi) is 6.71. The summed E-state index contributed by atoms with van der Waals surface area (Å²) < 4.78 is 5.88.